The first-order valence-electron chi connectivity index (χ1n) is 12.1. The lowest BCUT2D eigenvalue weighted by molar-refractivity contribution is -0.138. The van der Waals surface area contributed by atoms with Crippen LogP contribution >= 0.6 is 11.8 Å². The first kappa shape index (κ1) is 23.7. The van der Waals surface area contributed by atoms with E-state index < -0.39 is 22.9 Å². The number of carbonyl (C=O) groups is 3. The maximum atomic E-state index is 13.1. The third kappa shape index (κ3) is 4.89. The molecular formula is C27H30N2O5S. The molecule has 2 aromatic rings. The van der Waals surface area contributed by atoms with E-state index in [1.807, 2.05) is 31.2 Å². The van der Waals surface area contributed by atoms with Gasteiger partial charge in [0.05, 0.1) is 12.0 Å². The van der Waals surface area contributed by atoms with Gasteiger partial charge in [0.15, 0.2) is 0 Å². The number of nitrogens with zero attached hydrogens (tertiary/aromatic N) is 1. The number of fused-ring (bicyclic) bond motifs is 3. The van der Waals surface area contributed by atoms with Crippen LogP contribution in [0.1, 0.15) is 43.2 Å². The lowest BCUT2D eigenvalue weighted by Gasteiger charge is -2.35. The molecule has 184 valence electrons. The fraction of sp³-hybridized carbons (Fsp3) is 0.444. The van der Waals surface area contributed by atoms with Gasteiger partial charge in [0.1, 0.15) is 11.9 Å². The molecule has 2 aromatic carbocycles. The molecule has 2 fully saturated rings. The highest BCUT2D eigenvalue weighted by atomic mass is 32.2. The molecule has 1 saturated heterocycles. The molecule has 0 bridgehead atoms. The van der Waals surface area contributed by atoms with Crippen molar-refractivity contribution < 1.29 is 24.2 Å². The van der Waals surface area contributed by atoms with Crippen LogP contribution < -0.4 is 5.32 Å². The van der Waals surface area contributed by atoms with Crippen molar-refractivity contribution in [3.63, 3.8) is 0 Å². The zero-order chi connectivity index (χ0) is 24.6. The van der Waals surface area contributed by atoms with Crippen molar-refractivity contribution >= 4 is 29.7 Å². The number of alkyl carbamates (subject to hydrolysis) is 1. The Balaban J connectivity index is 1.23. The number of benzene rings is 2. The van der Waals surface area contributed by atoms with E-state index in [9.17, 15) is 19.5 Å². The van der Waals surface area contributed by atoms with Crippen LogP contribution in [-0.4, -0.2) is 64.2 Å². The molecule has 0 radical (unpaired) electrons. The topological polar surface area (TPSA) is 95.9 Å². The van der Waals surface area contributed by atoms with E-state index in [2.05, 4.69) is 29.6 Å². The molecule has 2 amide bonds. The summed E-state index contributed by atoms with van der Waals surface area (Å²) in [6.45, 7) is 2.85. The summed E-state index contributed by atoms with van der Waals surface area (Å²) in [6, 6.07) is 16.4. The van der Waals surface area contributed by atoms with Crippen LogP contribution in [0.5, 0.6) is 0 Å². The number of thioether (sulfide) groups is 1. The second-order valence-corrected chi connectivity index (χ2v) is 11.2. The number of carbonyl (C=O) groups excluding carboxylic acids is 2. The summed E-state index contributed by atoms with van der Waals surface area (Å²) in [4.78, 5) is 39.0. The second-order valence-electron chi connectivity index (χ2n) is 9.86. The molecule has 8 heteroatoms. The van der Waals surface area contributed by atoms with Gasteiger partial charge in [-0.1, -0.05) is 48.5 Å². The van der Waals surface area contributed by atoms with Gasteiger partial charge in [-0.05, 0) is 47.9 Å². The highest BCUT2D eigenvalue weighted by Gasteiger charge is 2.45. The molecule has 1 heterocycles. The Hall–Kier alpha value is -3.00. The van der Waals surface area contributed by atoms with Crippen molar-refractivity contribution in [2.24, 2.45) is 5.92 Å². The fourth-order valence-corrected chi connectivity index (χ4v) is 6.37. The van der Waals surface area contributed by atoms with E-state index in [-0.39, 0.29) is 37.3 Å². The van der Waals surface area contributed by atoms with Crippen LogP contribution in [0.3, 0.4) is 0 Å². The van der Waals surface area contributed by atoms with Gasteiger partial charge in [-0.3, -0.25) is 9.59 Å². The summed E-state index contributed by atoms with van der Waals surface area (Å²) in [6.07, 6.45) is 1.51. The standard InChI is InChI=1S/C27H30N2O5S/c1-27(17-10-11-17,14-24(30)29-12-13-35-23(15-29)25(31)32)28-26(33)34-16-22-20-8-4-2-6-18(20)19-7-3-5-9-21(19)22/h2-9,17,22-23H,10-16H2,1H3,(H,28,33)(H,31,32). The van der Waals surface area contributed by atoms with Crippen molar-refractivity contribution in [1.82, 2.24) is 10.2 Å². The van der Waals surface area contributed by atoms with Gasteiger partial charge in [-0.25, -0.2) is 4.79 Å². The number of carboxylic acids is 1. The minimum absolute atomic E-state index is 0.0271. The van der Waals surface area contributed by atoms with Gasteiger partial charge < -0.3 is 20.1 Å². The number of carboxylic acid groups (broad SMARTS) is 1. The minimum Gasteiger partial charge on any atom is -0.480 e. The van der Waals surface area contributed by atoms with Crippen LogP contribution in [0.4, 0.5) is 4.79 Å². The Kier molecular flexibility index (Phi) is 6.49. The maximum absolute atomic E-state index is 13.1. The molecule has 35 heavy (non-hydrogen) atoms. The number of aliphatic carboxylic acids is 1. The predicted molar refractivity (Wildman–Crippen MR) is 134 cm³/mol. The zero-order valence-electron chi connectivity index (χ0n) is 19.7. The third-order valence-corrected chi connectivity index (χ3v) is 8.59. The summed E-state index contributed by atoms with van der Waals surface area (Å²) in [5.74, 6) is -0.232. The zero-order valence-corrected chi connectivity index (χ0v) is 20.6. The highest BCUT2D eigenvalue weighted by Crippen LogP contribution is 2.45. The number of nitrogens with one attached hydrogen (secondary N) is 1. The maximum Gasteiger partial charge on any atom is 0.407 e. The van der Waals surface area contributed by atoms with Crippen LogP contribution in [0, 0.1) is 5.92 Å². The molecular weight excluding hydrogens is 464 g/mol. The second kappa shape index (κ2) is 9.57. The van der Waals surface area contributed by atoms with E-state index in [0.29, 0.717) is 12.3 Å². The first-order valence-corrected chi connectivity index (χ1v) is 13.2. The van der Waals surface area contributed by atoms with Crippen LogP contribution in [0.15, 0.2) is 48.5 Å². The average molecular weight is 495 g/mol. The van der Waals surface area contributed by atoms with E-state index in [1.165, 1.54) is 22.9 Å². The number of hydrogen-bond donors (Lipinski definition) is 2. The minimum atomic E-state index is -0.894. The molecule has 2 N–H and O–H groups in total. The monoisotopic (exact) mass is 494 g/mol. The van der Waals surface area contributed by atoms with E-state index in [0.717, 1.165) is 24.0 Å². The molecule has 1 aliphatic heterocycles. The van der Waals surface area contributed by atoms with Gasteiger partial charge in [0, 0.05) is 24.8 Å². The van der Waals surface area contributed by atoms with Crippen LogP contribution in [0.2, 0.25) is 0 Å². The molecule has 0 spiro atoms. The smallest absolute Gasteiger partial charge is 0.407 e. The number of ether oxygens (including phenoxy) is 1. The van der Waals surface area contributed by atoms with E-state index >= 15 is 0 Å². The summed E-state index contributed by atoms with van der Waals surface area (Å²) in [7, 11) is 0. The third-order valence-electron chi connectivity index (χ3n) is 7.42. The normalized spacial score (nSPS) is 20.9. The summed E-state index contributed by atoms with van der Waals surface area (Å²) < 4.78 is 5.73. The van der Waals surface area contributed by atoms with Gasteiger partial charge in [-0.15, -0.1) is 11.8 Å². The summed E-state index contributed by atoms with van der Waals surface area (Å²) in [5.41, 5.74) is 3.92. The van der Waals surface area contributed by atoms with Crippen molar-refractivity contribution in [3.05, 3.63) is 59.7 Å². The molecule has 0 aromatic heterocycles. The average Bonchev–Trinajstić information content (AvgIpc) is 3.67. The quantitative estimate of drug-likeness (QED) is 0.601. The Labute approximate surface area is 209 Å². The van der Waals surface area contributed by atoms with E-state index in [1.54, 1.807) is 4.90 Å². The van der Waals surface area contributed by atoms with Gasteiger partial charge in [-0.2, -0.15) is 0 Å². The van der Waals surface area contributed by atoms with E-state index in [4.69, 9.17) is 4.74 Å². The number of amides is 2. The first-order chi connectivity index (χ1) is 16.9. The predicted octanol–water partition coefficient (Wildman–Crippen LogP) is 4.11. The molecule has 7 nitrogen and oxygen atoms in total. The Morgan fingerprint density at radius 3 is 2.31 bits per heavy atom. The lowest BCUT2D eigenvalue weighted by atomic mass is 9.91. The Morgan fingerprint density at radius 1 is 1.09 bits per heavy atom. The molecule has 2 atom stereocenters. The molecule has 2 aliphatic carbocycles. The SMILES string of the molecule is CC(CC(=O)N1CCSC(C(=O)O)C1)(NC(=O)OCC1c2ccccc2-c2ccccc21)C1CC1. The number of rotatable bonds is 7. The van der Waals surface area contributed by atoms with Crippen LogP contribution in [0.25, 0.3) is 11.1 Å². The highest BCUT2D eigenvalue weighted by molar-refractivity contribution is 8.00. The Morgan fingerprint density at radius 2 is 1.71 bits per heavy atom. The van der Waals surface area contributed by atoms with Gasteiger partial charge >= 0.3 is 12.1 Å². The van der Waals surface area contributed by atoms with Crippen LogP contribution in [-0.2, 0) is 14.3 Å². The molecule has 5 rings (SSSR count). The number of hydrogen-bond acceptors (Lipinski definition) is 5. The molecule has 1 saturated carbocycles. The fourth-order valence-electron chi connectivity index (χ4n) is 5.33. The molecule has 3 aliphatic rings. The van der Waals surface area contributed by atoms with Crippen molar-refractivity contribution in [3.8, 4) is 11.1 Å². The summed E-state index contributed by atoms with van der Waals surface area (Å²) in [5, 5.41) is 11.7. The van der Waals surface area contributed by atoms with Gasteiger partial charge in [0.25, 0.3) is 0 Å². The Bertz CT molecular complexity index is 1100. The van der Waals surface area contributed by atoms with Crippen molar-refractivity contribution in [1.29, 1.82) is 0 Å². The lowest BCUT2D eigenvalue weighted by Crippen LogP contribution is -2.53. The van der Waals surface area contributed by atoms with Crippen molar-refractivity contribution in [2.75, 3.05) is 25.4 Å². The largest absolute Gasteiger partial charge is 0.480 e. The molecule has 2 unspecified atom stereocenters. The van der Waals surface area contributed by atoms with Gasteiger partial charge in [0.2, 0.25) is 5.91 Å². The van der Waals surface area contributed by atoms with Crippen molar-refractivity contribution in [2.45, 2.75) is 42.9 Å². The summed E-state index contributed by atoms with van der Waals surface area (Å²) >= 11 is 1.37.